The first kappa shape index (κ1) is 22.7. The van der Waals surface area contributed by atoms with Crippen LogP contribution in [0.4, 0.5) is 5.69 Å². The molecule has 0 unspecified atom stereocenters. The van der Waals surface area contributed by atoms with Crippen molar-refractivity contribution in [3.8, 4) is 23.3 Å². The Morgan fingerprint density at radius 2 is 1.41 bits per heavy atom. The largest absolute Gasteiger partial charge is 0.269 e. The minimum Gasteiger partial charge on any atom is -0.258 e. The molecule has 27 heavy (non-hydrogen) atoms. The average Bonchev–Trinajstić information content (AvgIpc) is 2.57. The van der Waals surface area contributed by atoms with Crippen molar-refractivity contribution in [1.82, 2.24) is 0 Å². The van der Waals surface area contributed by atoms with Gasteiger partial charge >= 0.3 is 0 Å². The van der Waals surface area contributed by atoms with Crippen LogP contribution in [0.2, 0.25) is 16.6 Å². The molecule has 0 aliphatic heterocycles. The summed E-state index contributed by atoms with van der Waals surface area (Å²) >= 11 is 0. The molecule has 1 aromatic rings. The van der Waals surface area contributed by atoms with Crippen LogP contribution >= 0.6 is 0 Å². The van der Waals surface area contributed by atoms with E-state index in [1.165, 1.54) is 12.1 Å². The maximum absolute atomic E-state index is 10.8. The molecule has 0 spiro atoms. The van der Waals surface area contributed by atoms with Crippen LogP contribution in [0.25, 0.3) is 0 Å². The Balaban J connectivity index is 3.30. The lowest BCUT2D eigenvalue weighted by atomic mass is 10.1. The van der Waals surface area contributed by atoms with E-state index in [4.69, 9.17) is 0 Å². The van der Waals surface area contributed by atoms with Gasteiger partial charge in [0.05, 0.1) is 10.5 Å². The zero-order valence-corrected chi connectivity index (χ0v) is 18.8. The standard InChI is InChI=1S/C23H31NO2Si/c1-17(2)22(12-9-21-10-13-23(14-11-21)24(25)26)15-16-27(18(3)4,19(5)6)20(7)8/h10-11,13-14,18-20H,1-8H3. The van der Waals surface area contributed by atoms with Crippen molar-refractivity contribution >= 4 is 13.8 Å². The summed E-state index contributed by atoms with van der Waals surface area (Å²) in [5, 5.41) is 10.8. The minimum atomic E-state index is -1.80. The van der Waals surface area contributed by atoms with E-state index in [0.717, 1.165) is 16.7 Å². The third-order valence-corrected chi connectivity index (χ3v) is 11.5. The second-order valence-electron chi connectivity index (χ2n) is 8.08. The van der Waals surface area contributed by atoms with Crippen LogP contribution in [-0.2, 0) is 0 Å². The molecule has 0 aliphatic carbocycles. The van der Waals surface area contributed by atoms with E-state index in [1.807, 2.05) is 13.8 Å². The van der Waals surface area contributed by atoms with Crippen molar-refractivity contribution in [2.45, 2.75) is 72.0 Å². The number of nitro groups is 1. The Kier molecular flexibility index (Phi) is 8.07. The summed E-state index contributed by atoms with van der Waals surface area (Å²) in [7, 11) is -1.80. The highest BCUT2D eigenvalue weighted by atomic mass is 28.3. The number of nitrogens with zero attached hydrogens (tertiary/aromatic N) is 1. The van der Waals surface area contributed by atoms with Gasteiger partial charge in [-0.3, -0.25) is 10.1 Å². The summed E-state index contributed by atoms with van der Waals surface area (Å²) < 4.78 is 0. The van der Waals surface area contributed by atoms with Crippen molar-refractivity contribution in [3.63, 3.8) is 0 Å². The zero-order valence-electron chi connectivity index (χ0n) is 17.8. The fourth-order valence-electron chi connectivity index (χ4n) is 3.69. The lowest BCUT2D eigenvalue weighted by Crippen LogP contribution is -2.43. The molecule has 0 N–H and O–H groups in total. The molecule has 0 amide bonds. The van der Waals surface area contributed by atoms with Crippen molar-refractivity contribution in [2.24, 2.45) is 0 Å². The predicted octanol–water partition coefficient (Wildman–Crippen LogP) is 6.50. The molecule has 0 saturated heterocycles. The predicted molar refractivity (Wildman–Crippen MR) is 117 cm³/mol. The summed E-state index contributed by atoms with van der Waals surface area (Å²) in [4.78, 5) is 10.4. The fourth-order valence-corrected chi connectivity index (χ4v) is 8.89. The Bertz CT molecular complexity index is 799. The van der Waals surface area contributed by atoms with E-state index in [0.29, 0.717) is 16.6 Å². The summed E-state index contributed by atoms with van der Waals surface area (Å²) in [6, 6.07) is 6.31. The number of nitro benzene ring substituents is 1. The van der Waals surface area contributed by atoms with Crippen molar-refractivity contribution in [3.05, 3.63) is 51.1 Å². The number of hydrogen-bond donors (Lipinski definition) is 0. The molecule has 4 heteroatoms. The van der Waals surface area contributed by atoms with Crippen LogP contribution < -0.4 is 0 Å². The van der Waals surface area contributed by atoms with Gasteiger partial charge in [-0.25, -0.2) is 0 Å². The van der Waals surface area contributed by atoms with Crippen molar-refractivity contribution < 1.29 is 4.92 Å². The Hall–Kier alpha value is -2.30. The smallest absolute Gasteiger partial charge is 0.258 e. The van der Waals surface area contributed by atoms with Gasteiger partial charge in [-0.05, 0) is 42.6 Å². The molecule has 3 nitrogen and oxygen atoms in total. The molecule has 0 aromatic heterocycles. The molecule has 0 aliphatic rings. The Labute approximate surface area is 165 Å². The normalized spacial score (nSPS) is 10.9. The van der Waals surface area contributed by atoms with Crippen LogP contribution in [0.3, 0.4) is 0 Å². The molecule has 1 aromatic carbocycles. The van der Waals surface area contributed by atoms with E-state index >= 15 is 0 Å². The highest BCUT2D eigenvalue weighted by Crippen LogP contribution is 2.40. The average molecular weight is 382 g/mol. The number of rotatable bonds is 4. The van der Waals surface area contributed by atoms with E-state index in [1.54, 1.807) is 12.1 Å². The monoisotopic (exact) mass is 381 g/mol. The van der Waals surface area contributed by atoms with E-state index < -0.39 is 13.0 Å². The molecular weight excluding hydrogens is 350 g/mol. The molecule has 0 atom stereocenters. The maximum atomic E-state index is 10.8. The van der Waals surface area contributed by atoms with Gasteiger partial charge in [0.2, 0.25) is 0 Å². The van der Waals surface area contributed by atoms with E-state index in [-0.39, 0.29) is 5.69 Å². The lowest BCUT2D eigenvalue weighted by molar-refractivity contribution is -0.384. The molecule has 0 saturated carbocycles. The minimum absolute atomic E-state index is 0.0735. The summed E-state index contributed by atoms with van der Waals surface area (Å²) in [6.07, 6.45) is 0. The molecule has 0 radical (unpaired) electrons. The zero-order chi connectivity index (χ0) is 20.8. The molecule has 144 valence electrons. The first-order chi connectivity index (χ1) is 12.5. The first-order valence-corrected chi connectivity index (χ1v) is 11.7. The number of benzene rings is 1. The van der Waals surface area contributed by atoms with Crippen molar-refractivity contribution in [2.75, 3.05) is 0 Å². The van der Waals surface area contributed by atoms with Gasteiger partial charge < -0.3 is 0 Å². The quantitative estimate of drug-likeness (QED) is 0.258. The summed E-state index contributed by atoms with van der Waals surface area (Å²) in [6.45, 7) is 17.8. The highest BCUT2D eigenvalue weighted by Gasteiger charge is 2.41. The van der Waals surface area contributed by atoms with Gasteiger partial charge in [-0.2, -0.15) is 0 Å². The Morgan fingerprint density at radius 3 is 1.78 bits per heavy atom. The topological polar surface area (TPSA) is 43.1 Å². The van der Waals surface area contributed by atoms with Gasteiger partial charge in [-0.1, -0.05) is 64.9 Å². The fraction of sp³-hybridized carbons (Fsp3) is 0.478. The molecule has 1 rings (SSSR count). The third kappa shape index (κ3) is 5.58. The van der Waals surface area contributed by atoms with E-state index in [2.05, 4.69) is 64.8 Å². The number of allylic oxidation sites excluding steroid dienone is 2. The Morgan fingerprint density at radius 1 is 0.926 bits per heavy atom. The van der Waals surface area contributed by atoms with E-state index in [9.17, 15) is 10.1 Å². The SMILES string of the molecule is CC(C)=C(C#Cc1ccc([N+](=O)[O-])cc1)C#C[Si](C(C)C)(C(C)C)C(C)C. The van der Waals surface area contributed by atoms with Crippen LogP contribution in [0.5, 0.6) is 0 Å². The maximum Gasteiger partial charge on any atom is 0.269 e. The van der Waals surface area contributed by atoms with Gasteiger partial charge in [-0.15, -0.1) is 5.54 Å². The van der Waals surface area contributed by atoms with Crippen molar-refractivity contribution in [1.29, 1.82) is 0 Å². The van der Waals surface area contributed by atoms with Crippen LogP contribution in [0.1, 0.15) is 61.0 Å². The summed E-state index contributed by atoms with van der Waals surface area (Å²) in [5.41, 5.74) is 8.21. The lowest BCUT2D eigenvalue weighted by Gasteiger charge is -2.38. The molecule has 0 fully saturated rings. The van der Waals surface area contributed by atoms with Crippen LogP contribution in [-0.4, -0.2) is 13.0 Å². The first-order valence-electron chi connectivity index (χ1n) is 9.49. The van der Waals surface area contributed by atoms with Gasteiger partial charge in [0, 0.05) is 17.7 Å². The number of non-ortho nitro benzene ring substituents is 1. The third-order valence-electron chi connectivity index (χ3n) is 5.18. The highest BCUT2D eigenvalue weighted by molar-refractivity contribution is 6.90. The van der Waals surface area contributed by atoms with Gasteiger partial charge in [0.25, 0.3) is 5.69 Å². The summed E-state index contributed by atoms with van der Waals surface area (Å²) in [5.74, 6) is 9.69. The number of hydrogen-bond acceptors (Lipinski definition) is 2. The molecular formula is C23H31NO2Si. The van der Waals surface area contributed by atoms with Gasteiger partial charge in [0.15, 0.2) is 0 Å². The second-order valence-corrected chi connectivity index (χ2v) is 13.7. The molecule has 0 bridgehead atoms. The van der Waals surface area contributed by atoms with Crippen LogP contribution in [0, 0.1) is 33.4 Å². The second kappa shape index (κ2) is 9.58. The van der Waals surface area contributed by atoms with Crippen LogP contribution in [0.15, 0.2) is 35.4 Å². The van der Waals surface area contributed by atoms with Gasteiger partial charge in [0.1, 0.15) is 8.07 Å². The molecule has 0 heterocycles.